The van der Waals surface area contributed by atoms with Crippen molar-refractivity contribution >= 4 is 16.1 Å². The molecule has 0 unspecified atom stereocenters. The van der Waals surface area contributed by atoms with E-state index >= 15 is 0 Å². The minimum Gasteiger partial charge on any atom is -0.444 e. The van der Waals surface area contributed by atoms with Gasteiger partial charge in [0.1, 0.15) is 17.2 Å². The number of benzene rings is 2. The molecule has 1 fully saturated rings. The summed E-state index contributed by atoms with van der Waals surface area (Å²) in [5.41, 5.74) is 0.847. The van der Waals surface area contributed by atoms with Crippen molar-refractivity contribution in [1.82, 2.24) is 14.5 Å². The van der Waals surface area contributed by atoms with Gasteiger partial charge in [-0.25, -0.2) is 26.7 Å². The van der Waals surface area contributed by atoms with E-state index in [4.69, 9.17) is 4.74 Å². The number of carbonyl (C=O) groups excluding carboxylic acids is 1. The van der Waals surface area contributed by atoms with Crippen molar-refractivity contribution in [2.75, 3.05) is 25.9 Å². The van der Waals surface area contributed by atoms with E-state index in [-0.39, 0.29) is 30.8 Å². The Kier molecular flexibility index (Phi) is 8.18. The molecule has 1 saturated heterocycles. The number of nitrogens with one attached hydrogen (secondary N) is 1. The number of amides is 1. The van der Waals surface area contributed by atoms with Crippen molar-refractivity contribution in [3.05, 3.63) is 71.3 Å². The third-order valence-corrected chi connectivity index (χ3v) is 6.49. The number of sulfonamides is 1. The number of piperazine rings is 1. The average Bonchev–Trinajstić information content (AvgIpc) is 2.74. The minimum absolute atomic E-state index is 0.0454. The Morgan fingerprint density at radius 2 is 1.51 bits per heavy atom. The Bertz CT molecular complexity index is 1070. The molecule has 3 rings (SSSR count). The van der Waals surface area contributed by atoms with Gasteiger partial charge >= 0.3 is 6.09 Å². The number of ether oxygens (including phenoxy) is 1. The van der Waals surface area contributed by atoms with Crippen molar-refractivity contribution in [3.8, 4) is 0 Å². The van der Waals surface area contributed by atoms with Crippen molar-refractivity contribution in [2.45, 2.75) is 51.4 Å². The highest BCUT2D eigenvalue weighted by Crippen LogP contribution is 2.34. The van der Waals surface area contributed by atoms with Crippen LogP contribution in [0.1, 0.15) is 44.9 Å². The summed E-state index contributed by atoms with van der Waals surface area (Å²) in [7, 11) is -3.50. The van der Waals surface area contributed by atoms with Gasteiger partial charge < -0.3 is 9.64 Å². The number of carbonyl (C=O) groups is 1. The molecule has 7 nitrogen and oxygen atoms in total. The third kappa shape index (κ3) is 7.46. The first-order valence-electron chi connectivity index (χ1n) is 11.4. The zero-order valence-corrected chi connectivity index (χ0v) is 21.5. The van der Waals surface area contributed by atoms with Crippen molar-refractivity contribution in [2.24, 2.45) is 0 Å². The maximum atomic E-state index is 13.7. The van der Waals surface area contributed by atoms with E-state index in [0.717, 1.165) is 17.4 Å². The van der Waals surface area contributed by atoms with E-state index in [9.17, 15) is 22.0 Å². The van der Waals surface area contributed by atoms with Crippen molar-refractivity contribution < 1.29 is 26.7 Å². The van der Waals surface area contributed by atoms with Crippen molar-refractivity contribution in [1.29, 1.82) is 0 Å². The van der Waals surface area contributed by atoms with Gasteiger partial charge in [0.15, 0.2) is 0 Å². The molecule has 0 aliphatic carbocycles. The fraction of sp³-hybridized carbons (Fsp3) is 0.480. The minimum atomic E-state index is -3.50. The lowest BCUT2D eigenvalue weighted by atomic mass is 9.93. The van der Waals surface area contributed by atoms with Gasteiger partial charge in [-0.1, -0.05) is 24.3 Å². The maximum Gasteiger partial charge on any atom is 0.410 e. The van der Waals surface area contributed by atoms with Crippen LogP contribution in [-0.2, 0) is 14.8 Å². The molecule has 2 aromatic carbocycles. The zero-order valence-electron chi connectivity index (χ0n) is 20.7. The molecule has 192 valence electrons. The topological polar surface area (TPSA) is 79.0 Å². The molecular weight excluding hydrogens is 476 g/mol. The van der Waals surface area contributed by atoms with Gasteiger partial charge in [0, 0.05) is 31.7 Å². The van der Waals surface area contributed by atoms with Gasteiger partial charge in [0.25, 0.3) is 0 Å². The van der Waals surface area contributed by atoms with E-state index in [2.05, 4.69) is 9.62 Å². The summed E-state index contributed by atoms with van der Waals surface area (Å²) < 4.78 is 59.4. The third-order valence-electron chi connectivity index (χ3n) is 5.80. The lowest BCUT2D eigenvalue weighted by molar-refractivity contribution is -0.0184. The van der Waals surface area contributed by atoms with Crippen LogP contribution in [0.2, 0.25) is 0 Å². The second kappa shape index (κ2) is 10.6. The van der Waals surface area contributed by atoms with Gasteiger partial charge in [0.05, 0.1) is 12.3 Å². The molecule has 0 radical (unpaired) electrons. The van der Waals surface area contributed by atoms with Crippen LogP contribution < -0.4 is 4.72 Å². The Labute approximate surface area is 206 Å². The van der Waals surface area contributed by atoms with Crippen LogP contribution in [0.4, 0.5) is 13.6 Å². The molecule has 1 heterocycles. The molecule has 1 amide bonds. The number of hydrogen-bond donors (Lipinski definition) is 1. The van der Waals surface area contributed by atoms with Crippen LogP contribution in [0.15, 0.2) is 48.5 Å². The quantitative estimate of drug-likeness (QED) is 0.639. The van der Waals surface area contributed by atoms with Crippen molar-refractivity contribution in [3.63, 3.8) is 0 Å². The smallest absolute Gasteiger partial charge is 0.410 e. The summed E-state index contributed by atoms with van der Waals surface area (Å²) in [4.78, 5) is 16.6. The molecule has 1 N–H and O–H groups in total. The fourth-order valence-electron chi connectivity index (χ4n) is 4.25. The van der Waals surface area contributed by atoms with Crippen LogP contribution >= 0.6 is 0 Å². The average molecular weight is 510 g/mol. The fourth-order valence-corrected chi connectivity index (χ4v) is 4.75. The van der Waals surface area contributed by atoms with E-state index in [0.29, 0.717) is 6.54 Å². The standard InChI is InChI=1S/C25H33F2N3O4S/c1-17-15-30(22(14-28-35(5,32)33)16-29(17)24(31)34-25(2,3)4)23(18-6-10-20(26)11-7-18)19-8-12-21(27)13-9-19/h6-13,17,22-23,28H,14-16H2,1-5H3/t17-,22+/m0/s1. The molecule has 2 atom stereocenters. The van der Waals surface area contributed by atoms with Gasteiger partial charge in [-0.2, -0.15) is 0 Å². The molecule has 10 heteroatoms. The molecule has 0 spiro atoms. The van der Waals surface area contributed by atoms with Gasteiger partial charge in [0.2, 0.25) is 10.0 Å². The van der Waals surface area contributed by atoms with Crippen LogP contribution in [0.25, 0.3) is 0 Å². The lowest BCUT2D eigenvalue weighted by Crippen LogP contribution is -2.62. The lowest BCUT2D eigenvalue weighted by Gasteiger charge is -2.48. The molecular formula is C25H33F2N3O4S. The second-order valence-electron chi connectivity index (χ2n) is 9.96. The Hall–Kier alpha value is -2.56. The van der Waals surface area contributed by atoms with Gasteiger partial charge in [-0.3, -0.25) is 4.90 Å². The summed E-state index contributed by atoms with van der Waals surface area (Å²) in [6, 6.07) is 11.0. The summed E-state index contributed by atoms with van der Waals surface area (Å²) in [6.07, 6.45) is 0.598. The highest BCUT2D eigenvalue weighted by molar-refractivity contribution is 7.88. The van der Waals surface area contributed by atoms with Gasteiger partial charge in [-0.05, 0) is 63.1 Å². The van der Waals surface area contributed by atoms with E-state index < -0.39 is 33.8 Å². The van der Waals surface area contributed by atoms with Crippen LogP contribution in [0, 0.1) is 11.6 Å². The SMILES string of the molecule is C[C@H]1CN(C(c2ccc(F)cc2)c2ccc(F)cc2)[C@H](CNS(C)(=O)=O)CN1C(=O)OC(C)(C)C. The number of nitrogens with zero attached hydrogens (tertiary/aromatic N) is 2. The van der Waals surface area contributed by atoms with Crippen LogP contribution in [0.5, 0.6) is 0 Å². The maximum absolute atomic E-state index is 13.7. The van der Waals surface area contributed by atoms with Crippen LogP contribution in [0.3, 0.4) is 0 Å². The largest absolute Gasteiger partial charge is 0.444 e. The van der Waals surface area contributed by atoms with E-state index in [1.54, 1.807) is 49.9 Å². The summed E-state index contributed by atoms with van der Waals surface area (Å²) in [6.45, 7) is 7.88. The highest BCUT2D eigenvalue weighted by atomic mass is 32.2. The first-order chi connectivity index (χ1) is 16.2. The van der Waals surface area contributed by atoms with Gasteiger partial charge in [-0.15, -0.1) is 0 Å². The Morgan fingerprint density at radius 1 is 1.03 bits per heavy atom. The summed E-state index contributed by atoms with van der Waals surface area (Å²) in [5, 5.41) is 0. The molecule has 1 aliphatic rings. The Balaban J connectivity index is 2.02. The normalized spacial score (nSPS) is 19.7. The molecule has 0 saturated carbocycles. The predicted octanol–water partition coefficient (Wildman–Crippen LogP) is 3.91. The second-order valence-corrected chi connectivity index (χ2v) is 11.8. The molecule has 1 aliphatic heterocycles. The first-order valence-corrected chi connectivity index (χ1v) is 13.3. The number of hydrogen-bond acceptors (Lipinski definition) is 5. The van der Waals surface area contributed by atoms with E-state index in [1.165, 1.54) is 24.3 Å². The van der Waals surface area contributed by atoms with E-state index in [1.807, 2.05) is 6.92 Å². The Morgan fingerprint density at radius 3 is 1.94 bits per heavy atom. The summed E-state index contributed by atoms with van der Waals surface area (Å²) >= 11 is 0. The predicted molar refractivity (Wildman–Crippen MR) is 130 cm³/mol. The molecule has 0 aromatic heterocycles. The molecule has 0 bridgehead atoms. The summed E-state index contributed by atoms with van der Waals surface area (Å²) in [5.74, 6) is -0.768. The molecule has 35 heavy (non-hydrogen) atoms. The monoisotopic (exact) mass is 509 g/mol. The number of halogens is 2. The molecule has 2 aromatic rings. The first kappa shape index (κ1) is 27.0. The highest BCUT2D eigenvalue weighted by Gasteiger charge is 2.40. The zero-order chi connectivity index (χ0) is 26.0. The number of rotatable bonds is 6. The van der Waals surface area contributed by atoms with Crippen LogP contribution in [-0.4, -0.2) is 67.9 Å².